The van der Waals surface area contributed by atoms with Crippen LogP contribution in [-0.2, 0) is 22.9 Å². The maximum Gasteiger partial charge on any atom is 0.241 e. The van der Waals surface area contributed by atoms with E-state index < -0.39 is 10.0 Å². The second kappa shape index (κ2) is 5.93. The average Bonchev–Trinajstić information content (AvgIpc) is 3.02. The number of aromatic nitrogens is 3. The van der Waals surface area contributed by atoms with Gasteiger partial charge in [-0.2, -0.15) is 5.10 Å². The van der Waals surface area contributed by atoms with Crippen LogP contribution in [0.3, 0.4) is 0 Å². The van der Waals surface area contributed by atoms with Gasteiger partial charge in [0.1, 0.15) is 0 Å². The van der Waals surface area contributed by atoms with Crippen molar-refractivity contribution in [2.75, 3.05) is 0 Å². The molecule has 6 nitrogen and oxygen atoms in total. The Morgan fingerprint density at radius 2 is 2.08 bits per heavy atom. The second-order valence-electron chi connectivity index (χ2n) is 6.72. The van der Waals surface area contributed by atoms with Gasteiger partial charge in [0.25, 0.3) is 0 Å². The first kappa shape index (κ1) is 16.2. The Morgan fingerprint density at radius 1 is 1.24 bits per heavy atom. The van der Waals surface area contributed by atoms with Crippen LogP contribution in [0.15, 0.2) is 35.5 Å². The van der Waals surface area contributed by atoms with Crippen molar-refractivity contribution in [1.82, 2.24) is 19.9 Å². The van der Waals surface area contributed by atoms with Gasteiger partial charge >= 0.3 is 0 Å². The number of fused-ring (bicyclic) bond motifs is 3. The minimum absolute atomic E-state index is 0.121. The van der Waals surface area contributed by atoms with Crippen molar-refractivity contribution in [3.05, 3.63) is 52.8 Å². The van der Waals surface area contributed by atoms with Crippen LogP contribution < -0.4 is 4.72 Å². The highest BCUT2D eigenvalue weighted by Crippen LogP contribution is 2.27. The summed E-state index contributed by atoms with van der Waals surface area (Å²) in [6, 6.07) is 5.28. The molecule has 25 heavy (non-hydrogen) atoms. The van der Waals surface area contributed by atoms with Crippen molar-refractivity contribution in [3.63, 3.8) is 0 Å². The van der Waals surface area contributed by atoms with Gasteiger partial charge in [0, 0.05) is 17.6 Å². The molecule has 0 aliphatic heterocycles. The summed E-state index contributed by atoms with van der Waals surface area (Å²) in [6.07, 6.45) is 5.84. The maximum atomic E-state index is 12.8. The van der Waals surface area contributed by atoms with Crippen LogP contribution in [0.25, 0.3) is 11.0 Å². The fourth-order valence-electron chi connectivity index (χ4n) is 3.63. The van der Waals surface area contributed by atoms with E-state index in [4.69, 9.17) is 0 Å². The molecule has 0 radical (unpaired) electrons. The summed E-state index contributed by atoms with van der Waals surface area (Å²) in [4.78, 5) is 4.73. The fourth-order valence-corrected chi connectivity index (χ4v) is 5.13. The molecule has 130 valence electrons. The van der Waals surface area contributed by atoms with E-state index in [9.17, 15) is 8.42 Å². The molecular formula is C18H20N4O2S. The van der Waals surface area contributed by atoms with Crippen LogP contribution in [0, 0.1) is 13.8 Å². The molecule has 1 unspecified atom stereocenters. The fraction of sp³-hybridized carbons (Fsp3) is 0.333. The van der Waals surface area contributed by atoms with Crippen LogP contribution in [-0.4, -0.2) is 29.6 Å². The summed E-state index contributed by atoms with van der Waals surface area (Å²) >= 11 is 0. The Morgan fingerprint density at radius 3 is 2.88 bits per heavy atom. The molecule has 0 fully saturated rings. The maximum absolute atomic E-state index is 12.8. The summed E-state index contributed by atoms with van der Waals surface area (Å²) in [5.41, 5.74) is 4.92. The predicted molar refractivity (Wildman–Crippen MR) is 95.9 cm³/mol. The van der Waals surface area contributed by atoms with Crippen molar-refractivity contribution >= 4 is 21.1 Å². The highest BCUT2D eigenvalue weighted by Gasteiger charge is 2.26. The van der Waals surface area contributed by atoms with E-state index in [2.05, 4.69) is 19.9 Å². The standard InChI is InChI=1S/C18H20N4O2S/c1-11-3-6-17(12(2)7-11)25(23,24)22-14-4-5-15-13(8-14)9-19-18-16(15)10-20-21-18/h3,6-7,9-10,14,22H,4-5,8H2,1-2H3,(H,19,20,21). The molecule has 1 aliphatic carbocycles. The summed E-state index contributed by atoms with van der Waals surface area (Å²) in [5, 5.41) is 7.96. The lowest BCUT2D eigenvalue weighted by Gasteiger charge is -2.25. The van der Waals surface area contributed by atoms with Crippen LogP contribution in [0.1, 0.15) is 28.7 Å². The van der Waals surface area contributed by atoms with E-state index in [-0.39, 0.29) is 6.04 Å². The minimum Gasteiger partial charge on any atom is -0.261 e. The molecule has 1 aliphatic rings. The van der Waals surface area contributed by atoms with Gasteiger partial charge in [0.2, 0.25) is 10.0 Å². The van der Waals surface area contributed by atoms with Crippen molar-refractivity contribution in [3.8, 4) is 0 Å². The minimum atomic E-state index is -3.53. The molecule has 0 amide bonds. The number of aromatic amines is 1. The zero-order chi connectivity index (χ0) is 17.6. The second-order valence-corrected chi connectivity index (χ2v) is 8.41. The lowest BCUT2D eigenvalue weighted by atomic mass is 9.88. The Hall–Kier alpha value is -2.25. The number of hydrogen-bond acceptors (Lipinski definition) is 4. The lowest BCUT2D eigenvalue weighted by molar-refractivity contribution is 0.508. The lowest BCUT2D eigenvalue weighted by Crippen LogP contribution is -2.39. The molecule has 0 saturated carbocycles. The third-order valence-electron chi connectivity index (χ3n) is 4.83. The molecule has 0 saturated heterocycles. The molecule has 1 aromatic carbocycles. The number of hydrogen-bond donors (Lipinski definition) is 2. The first-order valence-corrected chi connectivity index (χ1v) is 9.82. The first-order chi connectivity index (χ1) is 11.9. The average molecular weight is 356 g/mol. The number of H-pyrrole nitrogens is 1. The smallest absolute Gasteiger partial charge is 0.241 e. The Labute approximate surface area is 146 Å². The van der Waals surface area contributed by atoms with E-state index >= 15 is 0 Å². The molecule has 4 rings (SSSR count). The quantitative estimate of drug-likeness (QED) is 0.754. The number of nitrogens with zero attached hydrogens (tertiary/aromatic N) is 2. The number of aryl methyl sites for hydroxylation is 3. The van der Waals surface area contributed by atoms with Gasteiger partial charge in [0.15, 0.2) is 5.65 Å². The Balaban J connectivity index is 1.59. The van der Waals surface area contributed by atoms with Crippen molar-refractivity contribution in [2.45, 2.75) is 44.0 Å². The molecule has 7 heteroatoms. The van der Waals surface area contributed by atoms with Gasteiger partial charge < -0.3 is 0 Å². The van der Waals surface area contributed by atoms with Crippen molar-refractivity contribution in [1.29, 1.82) is 0 Å². The van der Waals surface area contributed by atoms with Crippen LogP contribution in [0.2, 0.25) is 0 Å². The van der Waals surface area contributed by atoms with Gasteiger partial charge in [-0.05, 0) is 55.9 Å². The SMILES string of the molecule is Cc1ccc(S(=O)(=O)NC2CCc3c(cnc4[nH]ncc34)C2)c(C)c1. The Kier molecular flexibility index (Phi) is 3.85. The third kappa shape index (κ3) is 2.94. The van der Waals surface area contributed by atoms with Gasteiger partial charge in [-0.3, -0.25) is 5.10 Å². The zero-order valence-electron chi connectivity index (χ0n) is 14.2. The largest absolute Gasteiger partial charge is 0.261 e. The Bertz CT molecular complexity index is 1060. The summed E-state index contributed by atoms with van der Waals surface area (Å²) in [6.45, 7) is 3.79. The number of rotatable bonds is 3. The van der Waals surface area contributed by atoms with Crippen LogP contribution >= 0.6 is 0 Å². The number of nitrogens with one attached hydrogen (secondary N) is 2. The van der Waals surface area contributed by atoms with Crippen molar-refractivity contribution < 1.29 is 8.42 Å². The van der Waals surface area contributed by atoms with Gasteiger partial charge in [0.05, 0.1) is 11.1 Å². The van der Waals surface area contributed by atoms with Crippen molar-refractivity contribution in [2.24, 2.45) is 0 Å². The van der Waals surface area contributed by atoms with Crippen LogP contribution in [0.4, 0.5) is 0 Å². The van der Waals surface area contributed by atoms with E-state index in [0.29, 0.717) is 11.3 Å². The van der Waals surface area contributed by atoms with Gasteiger partial charge in [-0.1, -0.05) is 17.7 Å². The normalized spacial score (nSPS) is 17.6. The number of sulfonamides is 1. The first-order valence-electron chi connectivity index (χ1n) is 8.33. The van der Waals surface area contributed by atoms with Gasteiger partial charge in [-0.15, -0.1) is 0 Å². The van der Waals surface area contributed by atoms with E-state index in [1.54, 1.807) is 12.3 Å². The van der Waals surface area contributed by atoms with E-state index in [1.165, 1.54) is 5.56 Å². The molecule has 1 atom stereocenters. The summed E-state index contributed by atoms with van der Waals surface area (Å²) < 4.78 is 28.4. The van der Waals surface area contributed by atoms with E-state index in [1.807, 2.05) is 32.2 Å². The molecular weight excluding hydrogens is 336 g/mol. The monoisotopic (exact) mass is 356 g/mol. The third-order valence-corrected chi connectivity index (χ3v) is 6.51. The molecule has 2 heterocycles. The summed E-state index contributed by atoms with van der Waals surface area (Å²) in [5.74, 6) is 0. The zero-order valence-corrected chi connectivity index (χ0v) is 15.0. The van der Waals surface area contributed by atoms with Crippen LogP contribution in [0.5, 0.6) is 0 Å². The van der Waals surface area contributed by atoms with E-state index in [0.717, 1.165) is 40.6 Å². The number of pyridine rings is 1. The highest BCUT2D eigenvalue weighted by atomic mass is 32.2. The molecule has 2 aromatic heterocycles. The molecule has 0 spiro atoms. The molecule has 0 bridgehead atoms. The predicted octanol–water partition coefficient (Wildman–Crippen LogP) is 2.41. The summed E-state index contributed by atoms with van der Waals surface area (Å²) in [7, 11) is -3.53. The van der Waals surface area contributed by atoms with Gasteiger partial charge in [-0.25, -0.2) is 18.1 Å². The topological polar surface area (TPSA) is 87.7 Å². The molecule has 3 aromatic rings. The highest BCUT2D eigenvalue weighted by molar-refractivity contribution is 7.89. The molecule has 2 N–H and O–H groups in total. The number of benzene rings is 1.